The Morgan fingerprint density at radius 1 is 1.17 bits per heavy atom. The van der Waals surface area contributed by atoms with Crippen LogP contribution in [0.25, 0.3) is 5.57 Å². The van der Waals surface area contributed by atoms with Crippen molar-refractivity contribution in [2.24, 2.45) is 10.8 Å². The molecule has 0 saturated carbocycles. The van der Waals surface area contributed by atoms with Crippen LogP contribution in [0.2, 0.25) is 0 Å². The topological polar surface area (TPSA) is 41.6 Å². The van der Waals surface area contributed by atoms with E-state index < -0.39 is 0 Å². The van der Waals surface area contributed by atoms with Gasteiger partial charge in [-0.3, -0.25) is 0 Å². The number of hydrogen-bond acceptors (Lipinski definition) is 4. The van der Waals surface area contributed by atoms with Crippen LogP contribution >= 0.6 is 11.3 Å². The summed E-state index contributed by atoms with van der Waals surface area (Å²) in [6.07, 6.45) is 3.96. The summed E-state index contributed by atoms with van der Waals surface area (Å²) in [6, 6.07) is 10.5. The summed E-state index contributed by atoms with van der Waals surface area (Å²) in [5.74, 6) is 0.576. The highest BCUT2D eigenvalue weighted by Gasteiger charge is 2.16. The Bertz CT molecular complexity index is 884. The van der Waals surface area contributed by atoms with Gasteiger partial charge >= 0.3 is 0 Å². The quantitative estimate of drug-likeness (QED) is 0.819. The Morgan fingerprint density at radius 3 is 2.58 bits per heavy atom. The largest absolute Gasteiger partial charge is 0.384 e. The first kappa shape index (κ1) is 16.3. The van der Waals surface area contributed by atoms with Crippen molar-refractivity contribution in [3.05, 3.63) is 87.5 Å². The van der Waals surface area contributed by atoms with Crippen LogP contribution < -0.4 is 5.73 Å². The Kier molecular flexibility index (Phi) is 4.40. The molecule has 0 radical (unpaired) electrons. The fourth-order valence-electron chi connectivity index (χ4n) is 2.60. The molecule has 4 heteroatoms. The summed E-state index contributed by atoms with van der Waals surface area (Å²) in [7, 11) is 0. The molecule has 2 aromatic rings. The molecule has 24 heavy (non-hydrogen) atoms. The summed E-state index contributed by atoms with van der Waals surface area (Å²) < 4.78 is 0. The molecule has 2 heterocycles. The lowest BCUT2D eigenvalue weighted by Crippen LogP contribution is -2.24. The zero-order valence-electron chi connectivity index (χ0n) is 14.2. The number of nitrogens with zero attached hydrogens (tertiary/aromatic N) is 2. The maximum absolute atomic E-state index is 6.25. The molecule has 1 aromatic carbocycles. The summed E-state index contributed by atoms with van der Waals surface area (Å²) in [5.41, 5.74) is 12.6. The third kappa shape index (κ3) is 3.34. The smallest absolute Gasteiger partial charge is 0.126 e. The fourth-order valence-corrected chi connectivity index (χ4v) is 3.45. The second-order valence-electron chi connectivity index (χ2n) is 6.02. The Balaban J connectivity index is 1.89. The third-order valence-corrected chi connectivity index (χ3v) is 4.99. The number of thiophene rings is 1. The van der Waals surface area contributed by atoms with E-state index in [0.29, 0.717) is 5.82 Å². The second kappa shape index (κ2) is 6.49. The summed E-state index contributed by atoms with van der Waals surface area (Å²) in [6.45, 7) is 10.3. The minimum Gasteiger partial charge on any atom is -0.384 e. The van der Waals surface area contributed by atoms with Gasteiger partial charge in [-0.2, -0.15) is 5.10 Å². The van der Waals surface area contributed by atoms with Crippen LogP contribution in [0.3, 0.4) is 0 Å². The number of rotatable bonds is 3. The lowest BCUT2D eigenvalue weighted by molar-refractivity contribution is 0.462. The zero-order valence-corrected chi connectivity index (χ0v) is 15.0. The van der Waals surface area contributed by atoms with Crippen molar-refractivity contribution >= 4 is 22.6 Å². The molecule has 3 rings (SSSR count). The number of hydrazone groups is 1. The van der Waals surface area contributed by atoms with E-state index in [1.807, 2.05) is 25.1 Å². The van der Waals surface area contributed by atoms with Gasteiger partial charge in [-0.25, -0.2) is 5.01 Å². The predicted molar refractivity (Wildman–Crippen MR) is 104 cm³/mol. The second-order valence-corrected chi connectivity index (χ2v) is 6.93. The van der Waals surface area contributed by atoms with Gasteiger partial charge in [0.15, 0.2) is 0 Å². The molecule has 0 spiro atoms. The van der Waals surface area contributed by atoms with Crippen LogP contribution in [0, 0.1) is 13.8 Å². The molecule has 1 aromatic heterocycles. The lowest BCUT2D eigenvalue weighted by Gasteiger charge is -2.25. The van der Waals surface area contributed by atoms with Gasteiger partial charge in [-0.1, -0.05) is 36.4 Å². The highest BCUT2D eigenvalue weighted by atomic mass is 32.1. The van der Waals surface area contributed by atoms with Crippen molar-refractivity contribution in [1.82, 2.24) is 5.01 Å². The van der Waals surface area contributed by atoms with Gasteiger partial charge in [0.1, 0.15) is 5.82 Å². The molecule has 0 saturated heterocycles. The number of allylic oxidation sites excluding steroid dienone is 3. The van der Waals surface area contributed by atoms with E-state index in [4.69, 9.17) is 5.73 Å². The van der Waals surface area contributed by atoms with E-state index in [9.17, 15) is 0 Å². The minimum absolute atomic E-state index is 0.576. The molecule has 122 valence electrons. The highest BCUT2D eigenvalue weighted by Crippen LogP contribution is 2.27. The number of hydrogen-bond donors (Lipinski definition) is 1. The van der Waals surface area contributed by atoms with Crippen LogP contribution in [0.4, 0.5) is 0 Å². The van der Waals surface area contributed by atoms with Gasteiger partial charge in [0.2, 0.25) is 0 Å². The van der Waals surface area contributed by atoms with E-state index in [1.165, 1.54) is 11.1 Å². The van der Waals surface area contributed by atoms with Gasteiger partial charge in [-0.05, 0) is 61.1 Å². The van der Waals surface area contributed by atoms with Crippen molar-refractivity contribution in [3.8, 4) is 0 Å². The molecule has 3 nitrogen and oxygen atoms in total. The first-order chi connectivity index (χ1) is 11.4. The molecule has 0 bridgehead atoms. The Labute approximate surface area is 147 Å². The van der Waals surface area contributed by atoms with E-state index >= 15 is 0 Å². The Hall–Kier alpha value is -2.59. The molecule has 0 aliphatic carbocycles. The summed E-state index contributed by atoms with van der Waals surface area (Å²) in [4.78, 5) is 1.14. The monoisotopic (exact) mass is 335 g/mol. The molecule has 1 aliphatic rings. The maximum atomic E-state index is 6.25. The summed E-state index contributed by atoms with van der Waals surface area (Å²) >= 11 is 1.68. The van der Waals surface area contributed by atoms with Crippen molar-refractivity contribution < 1.29 is 0 Å². The van der Waals surface area contributed by atoms with Crippen LogP contribution in [0.5, 0.6) is 0 Å². The van der Waals surface area contributed by atoms with Gasteiger partial charge < -0.3 is 5.73 Å². The van der Waals surface area contributed by atoms with Crippen LogP contribution in [-0.4, -0.2) is 10.7 Å². The van der Waals surface area contributed by atoms with Gasteiger partial charge in [0.25, 0.3) is 0 Å². The van der Waals surface area contributed by atoms with E-state index in [0.717, 1.165) is 27.4 Å². The van der Waals surface area contributed by atoms with Crippen LogP contribution in [-0.2, 0) is 0 Å². The first-order valence-corrected chi connectivity index (χ1v) is 8.67. The first-order valence-electron chi connectivity index (χ1n) is 7.79. The Morgan fingerprint density at radius 2 is 1.96 bits per heavy atom. The van der Waals surface area contributed by atoms with Gasteiger partial charge in [0, 0.05) is 0 Å². The summed E-state index contributed by atoms with van der Waals surface area (Å²) in [5, 5.41) is 8.47. The molecule has 2 N–H and O–H groups in total. The predicted octanol–water partition coefficient (Wildman–Crippen LogP) is 4.80. The lowest BCUT2D eigenvalue weighted by atomic mass is 10.0. The maximum Gasteiger partial charge on any atom is 0.126 e. The molecule has 0 fully saturated rings. The SMILES string of the molecule is C=C1C=C(c2cccc(C)c2)C=C(N)N1/N=C(\C)c1cc(C)cs1. The molecule has 0 atom stereocenters. The van der Waals surface area contributed by atoms with Crippen molar-refractivity contribution in [1.29, 1.82) is 0 Å². The zero-order chi connectivity index (χ0) is 17.3. The average Bonchev–Trinajstić information content (AvgIpc) is 2.97. The van der Waals surface area contributed by atoms with E-state index in [-0.39, 0.29) is 0 Å². The standard InChI is InChI=1S/C20H21N3S/c1-13-6-5-7-17(8-13)18-10-15(3)23(20(21)11-18)22-16(4)19-9-14(2)12-24-19/h5-12H,3,21H2,1-2,4H3/b22-16+. The number of aryl methyl sites for hydroxylation is 2. The fraction of sp³-hybridized carbons (Fsp3) is 0.150. The molecule has 0 unspecified atom stereocenters. The molecular weight excluding hydrogens is 314 g/mol. The molecule has 1 aliphatic heterocycles. The van der Waals surface area contributed by atoms with Crippen molar-refractivity contribution in [3.63, 3.8) is 0 Å². The average molecular weight is 335 g/mol. The molecule has 0 amide bonds. The van der Waals surface area contributed by atoms with Gasteiger partial charge in [0.05, 0.1) is 16.3 Å². The van der Waals surface area contributed by atoms with Crippen molar-refractivity contribution in [2.45, 2.75) is 20.8 Å². The van der Waals surface area contributed by atoms with Crippen LogP contribution in [0.1, 0.15) is 28.5 Å². The number of benzene rings is 1. The van der Waals surface area contributed by atoms with Crippen LogP contribution in [0.15, 0.2) is 71.1 Å². The number of nitrogens with two attached hydrogens (primary N) is 1. The van der Waals surface area contributed by atoms with Gasteiger partial charge in [-0.15, -0.1) is 11.3 Å². The highest BCUT2D eigenvalue weighted by molar-refractivity contribution is 7.12. The third-order valence-electron chi connectivity index (χ3n) is 3.83. The van der Waals surface area contributed by atoms with E-state index in [2.05, 4.69) is 55.2 Å². The van der Waals surface area contributed by atoms with Crippen molar-refractivity contribution in [2.75, 3.05) is 0 Å². The normalized spacial score (nSPS) is 15.4. The minimum atomic E-state index is 0.576. The molecular formula is C20H21N3S. The van der Waals surface area contributed by atoms with E-state index in [1.54, 1.807) is 16.3 Å².